The second kappa shape index (κ2) is 4.36. The van der Waals surface area contributed by atoms with Gasteiger partial charge in [0.1, 0.15) is 6.10 Å². The SMILES string of the molecule is NCC(O)C1Oc2cc(Br)cnc2NC1=O. The number of pyridine rings is 1. The van der Waals surface area contributed by atoms with Gasteiger partial charge >= 0.3 is 0 Å². The molecule has 0 spiro atoms. The van der Waals surface area contributed by atoms with E-state index >= 15 is 0 Å². The summed E-state index contributed by atoms with van der Waals surface area (Å²) in [5.74, 6) is 0.306. The lowest BCUT2D eigenvalue weighted by molar-refractivity contribution is -0.128. The third-order valence-electron chi connectivity index (χ3n) is 2.16. The van der Waals surface area contributed by atoms with Crippen LogP contribution >= 0.6 is 15.9 Å². The van der Waals surface area contributed by atoms with Crippen LogP contribution < -0.4 is 15.8 Å². The van der Waals surface area contributed by atoms with Crippen LogP contribution in [0.25, 0.3) is 0 Å². The first-order valence-electron chi connectivity index (χ1n) is 4.63. The Morgan fingerprint density at radius 1 is 1.75 bits per heavy atom. The van der Waals surface area contributed by atoms with Gasteiger partial charge in [-0.15, -0.1) is 0 Å². The highest BCUT2D eigenvalue weighted by molar-refractivity contribution is 9.10. The Morgan fingerprint density at radius 3 is 3.19 bits per heavy atom. The summed E-state index contributed by atoms with van der Waals surface area (Å²) in [6, 6.07) is 1.66. The van der Waals surface area contributed by atoms with Crippen LogP contribution in [0.3, 0.4) is 0 Å². The van der Waals surface area contributed by atoms with Crippen LogP contribution in [-0.4, -0.2) is 34.8 Å². The maximum absolute atomic E-state index is 11.5. The number of amides is 1. The first kappa shape index (κ1) is 11.3. The number of ether oxygens (including phenoxy) is 1. The zero-order valence-corrected chi connectivity index (χ0v) is 9.77. The Labute approximate surface area is 99.9 Å². The number of nitrogens with two attached hydrogens (primary N) is 1. The Bertz CT molecular complexity index is 426. The molecule has 0 aromatic carbocycles. The fraction of sp³-hybridized carbons (Fsp3) is 0.333. The van der Waals surface area contributed by atoms with Crippen LogP contribution in [0.1, 0.15) is 0 Å². The van der Waals surface area contributed by atoms with Gasteiger partial charge in [0.05, 0.1) is 0 Å². The number of hydrogen-bond donors (Lipinski definition) is 3. The molecule has 7 heteroatoms. The van der Waals surface area contributed by atoms with Crippen molar-refractivity contribution in [2.75, 3.05) is 11.9 Å². The lowest BCUT2D eigenvalue weighted by atomic mass is 10.1. The summed E-state index contributed by atoms with van der Waals surface area (Å²) in [6.45, 7) is -0.0468. The summed E-state index contributed by atoms with van der Waals surface area (Å²) in [4.78, 5) is 15.5. The van der Waals surface area contributed by atoms with Gasteiger partial charge in [-0.2, -0.15) is 0 Å². The van der Waals surface area contributed by atoms with E-state index in [4.69, 9.17) is 10.5 Å². The Kier molecular flexibility index (Phi) is 3.08. The number of nitrogens with one attached hydrogen (secondary N) is 1. The monoisotopic (exact) mass is 287 g/mol. The van der Waals surface area contributed by atoms with E-state index in [-0.39, 0.29) is 6.54 Å². The molecule has 0 aliphatic carbocycles. The van der Waals surface area contributed by atoms with Gasteiger partial charge in [0, 0.05) is 17.2 Å². The van der Waals surface area contributed by atoms with E-state index < -0.39 is 18.1 Å². The molecule has 2 rings (SSSR count). The van der Waals surface area contributed by atoms with Crippen molar-refractivity contribution in [3.63, 3.8) is 0 Å². The molecule has 0 saturated carbocycles. The quantitative estimate of drug-likeness (QED) is 0.704. The highest BCUT2D eigenvalue weighted by Gasteiger charge is 2.33. The van der Waals surface area contributed by atoms with Crippen LogP contribution in [0.2, 0.25) is 0 Å². The van der Waals surface area contributed by atoms with Gasteiger partial charge in [-0.1, -0.05) is 0 Å². The minimum Gasteiger partial charge on any atom is -0.474 e. The van der Waals surface area contributed by atoms with Gasteiger partial charge in [-0.05, 0) is 22.0 Å². The van der Waals surface area contributed by atoms with E-state index in [2.05, 4.69) is 26.2 Å². The van der Waals surface area contributed by atoms with Crippen molar-refractivity contribution >= 4 is 27.7 Å². The van der Waals surface area contributed by atoms with Crippen LogP contribution in [-0.2, 0) is 4.79 Å². The summed E-state index contributed by atoms with van der Waals surface area (Å²) in [7, 11) is 0. The third kappa shape index (κ3) is 2.01. The van der Waals surface area contributed by atoms with Crippen molar-refractivity contribution < 1.29 is 14.6 Å². The predicted molar refractivity (Wildman–Crippen MR) is 60.0 cm³/mol. The van der Waals surface area contributed by atoms with Gasteiger partial charge < -0.3 is 20.9 Å². The lowest BCUT2D eigenvalue weighted by Gasteiger charge is -2.27. The molecule has 0 radical (unpaired) electrons. The van der Waals surface area contributed by atoms with Crippen molar-refractivity contribution in [3.05, 3.63) is 16.7 Å². The number of aromatic nitrogens is 1. The van der Waals surface area contributed by atoms with E-state index in [1.165, 1.54) is 0 Å². The van der Waals surface area contributed by atoms with Gasteiger partial charge in [-0.3, -0.25) is 4.79 Å². The second-order valence-electron chi connectivity index (χ2n) is 3.33. The van der Waals surface area contributed by atoms with Gasteiger partial charge in [0.25, 0.3) is 5.91 Å². The highest BCUT2D eigenvalue weighted by Crippen LogP contribution is 2.30. The zero-order valence-electron chi connectivity index (χ0n) is 8.18. The molecule has 0 bridgehead atoms. The molecular weight excluding hydrogens is 278 g/mol. The molecule has 0 saturated heterocycles. The maximum atomic E-state index is 11.5. The van der Waals surface area contributed by atoms with E-state index in [9.17, 15) is 9.90 Å². The Hall–Kier alpha value is -1.18. The number of hydrogen-bond acceptors (Lipinski definition) is 5. The minimum absolute atomic E-state index is 0.0468. The molecule has 6 nitrogen and oxygen atoms in total. The summed E-state index contributed by atoms with van der Waals surface area (Å²) in [5.41, 5.74) is 5.28. The van der Waals surface area contributed by atoms with Crippen molar-refractivity contribution in [1.29, 1.82) is 0 Å². The third-order valence-corrected chi connectivity index (χ3v) is 2.60. The molecule has 4 N–H and O–H groups in total. The van der Waals surface area contributed by atoms with Crippen molar-refractivity contribution in [3.8, 4) is 5.75 Å². The smallest absolute Gasteiger partial charge is 0.269 e. The molecule has 1 aliphatic heterocycles. The number of anilines is 1. The second-order valence-corrected chi connectivity index (χ2v) is 4.25. The molecule has 1 amide bonds. The van der Waals surface area contributed by atoms with E-state index in [1.807, 2.05) is 0 Å². The number of aliphatic hydroxyl groups excluding tert-OH is 1. The number of rotatable bonds is 2. The first-order valence-corrected chi connectivity index (χ1v) is 5.42. The van der Waals surface area contributed by atoms with Crippen LogP contribution in [0, 0.1) is 0 Å². The molecule has 1 aliphatic rings. The van der Waals surface area contributed by atoms with E-state index in [1.54, 1.807) is 12.3 Å². The lowest BCUT2D eigenvalue weighted by Crippen LogP contribution is -2.48. The largest absolute Gasteiger partial charge is 0.474 e. The molecule has 2 unspecified atom stereocenters. The average Bonchev–Trinajstić information content (AvgIpc) is 2.28. The molecule has 86 valence electrons. The van der Waals surface area contributed by atoms with Gasteiger partial charge in [0.15, 0.2) is 11.6 Å². The fourth-order valence-electron chi connectivity index (χ4n) is 1.36. The van der Waals surface area contributed by atoms with Gasteiger partial charge in [0.2, 0.25) is 6.10 Å². The minimum atomic E-state index is -1.04. The normalized spacial score (nSPS) is 20.7. The highest BCUT2D eigenvalue weighted by atomic mass is 79.9. The van der Waals surface area contributed by atoms with Crippen LogP contribution in [0.5, 0.6) is 5.75 Å². The molecule has 16 heavy (non-hydrogen) atoms. The van der Waals surface area contributed by atoms with E-state index in [0.29, 0.717) is 11.6 Å². The number of aliphatic hydroxyl groups is 1. The number of carbonyl (C=O) groups is 1. The van der Waals surface area contributed by atoms with Crippen molar-refractivity contribution in [2.24, 2.45) is 5.73 Å². The fourth-order valence-corrected chi connectivity index (χ4v) is 1.67. The molecule has 1 aromatic heterocycles. The number of carbonyl (C=O) groups excluding carboxylic acids is 1. The summed E-state index contributed by atoms with van der Waals surface area (Å²) in [5, 5.41) is 12.0. The number of nitrogens with zero attached hydrogens (tertiary/aromatic N) is 1. The summed E-state index contributed by atoms with van der Waals surface area (Å²) >= 11 is 3.24. The maximum Gasteiger partial charge on any atom is 0.269 e. The average molecular weight is 288 g/mol. The first-order chi connectivity index (χ1) is 7.61. The Balaban J connectivity index is 2.29. The summed E-state index contributed by atoms with van der Waals surface area (Å²) in [6.07, 6.45) is -0.483. The van der Waals surface area contributed by atoms with Gasteiger partial charge in [-0.25, -0.2) is 4.98 Å². The zero-order chi connectivity index (χ0) is 11.7. The number of halogens is 1. The standard InChI is InChI=1S/C9H10BrN3O3/c10-4-1-6-8(12-3-4)13-9(15)7(16-6)5(14)2-11/h1,3,5,7,14H,2,11H2,(H,12,13,15). The predicted octanol–water partition coefficient (Wildman–Crippen LogP) is -0.137. The molecule has 1 aromatic rings. The topological polar surface area (TPSA) is 97.5 Å². The van der Waals surface area contributed by atoms with Crippen LogP contribution in [0.15, 0.2) is 16.7 Å². The molecule has 2 heterocycles. The Morgan fingerprint density at radius 2 is 2.50 bits per heavy atom. The molecular formula is C9H10BrN3O3. The molecule has 0 fully saturated rings. The van der Waals surface area contributed by atoms with E-state index in [0.717, 1.165) is 4.47 Å². The van der Waals surface area contributed by atoms with Crippen molar-refractivity contribution in [1.82, 2.24) is 4.98 Å². The summed E-state index contributed by atoms with van der Waals surface area (Å²) < 4.78 is 6.07. The number of fused-ring (bicyclic) bond motifs is 1. The molecule has 2 atom stereocenters. The van der Waals surface area contributed by atoms with Crippen LogP contribution in [0.4, 0.5) is 5.82 Å². The van der Waals surface area contributed by atoms with Crippen molar-refractivity contribution in [2.45, 2.75) is 12.2 Å².